The first kappa shape index (κ1) is 18.1. The summed E-state index contributed by atoms with van der Waals surface area (Å²) in [6.45, 7) is 1.62. The van der Waals surface area contributed by atoms with Gasteiger partial charge in [0.1, 0.15) is 0 Å². The fourth-order valence-electron chi connectivity index (χ4n) is 2.58. The Morgan fingerprint density at radius 3 is 2.07 bits per heavy atom. The summed E-state index contributed by atoms with van der Waals surface area (Å²) in [6, 6.07) is 20.8. The van der Waals surface area contributed by atoms with Gasteiger partial charge in [-0.25, -0.2) is 0 Å². The number of rotatable bonds is 6. The van der Waals surface area contributed by atoms with Crippen LogP contribution in [0.25, 0.3) is 0 Å². The van der Waals surface area contributed by atoms with Crippen molar-refractivity contribution in [2.24, 2.45) is 0 Å². The molecule has 136 valence electrons. The van der Waals surface area contributed by atoms with Crippen LogP contribution in [0, 0.1) is 0 Å². The van der Waals surface area contributed by atoms with E-state index in [9.17, 15) is 9.59 Å². The zero-order valence-corrected chi connectivity index (χ0v) is 15.0. The van der Waals surface area contributed by atoms with E-state index in [0.717, 1.165) is 11.4 Å². The second-order valence-corrected chi connectivity index (χ2v) is 6.03. The van der Waals surface area contributed by atoms with Crippen molar-refractivity contribution in [1.82, 2.24) is 0 Å². The number of nitrogens with zero attached hydrogens (tertiary/aromatic N) is 1. The van der Waals surface area contributed by atoms with Gasteiger partial charge in [-0.05, 0) is 24.3 Å². The number of nitrogens with one attached hydrogen (secondary N) is 3. The Balaban J connectivity index is 1.65. The normalized spacial score (nSPS) is 10.1. The van der Waals surface area contributed by atoms with Crippen LogP contribution < -0.4 is 20.5 Å². The molecule has 6 heteroatoms. The minimum absolute atomic E-state index is 0.131. The lowest BCUT2D eigenvalue weighted by molar-refractivity contribution is -0.684. The number of anilines is 4. The van der Waals surface area contributed by atoms with E-state index in [1.54, 1.807) is 29.1 Å². The van der Waals surface area contributed by atoms with Crippen molar-refractivity contribution in [3.63, 3.8) is 0 Å². The molecule has 0 unspecified atom stereocenters. The molecule has 0 saturated heterocycles. The van der Waals surface area contributed by atoms with Crippen molar-refractivity contribution in [2.75, 3.05) is 16.0 Å². The molecule has 0 aliphatic heterocycles. The predicted octanol–water partition coefficient (Wildman–Crippen LogP) is 3.31. The molecule has 1 aromatic heterocycles. The first-order valence-corrected chi connectivity index (χ1v) is 8.58. The lowest BCUT2D eigenvalue weighted by atomic mass is 10.2. The number of hydrogen-bond acceptors (Lipinski definition) is 3. The standard InChI is InChI=1S/C21H20N4O2/c1-16(26)22-18-11-13-25(14-12-18)15-21(27)24-20-10-6-5-9-19(20)23-17-7-3-2-4-8-17/h2-14,23H,15H2,1H3,(H,24,27)/p+1. The van der Waals surface area contributed by atoms with Crippen LogP contribution >= 0.6 is 0 Å². The van der Waals surface area contributed by atoms with Crippen molar-refractivity contribution in [3.05, 3.63) is 79.1 Å². The summed E-state index contributed by atoms with van der Waals surface area (Å²) in [6.07, 6.45) is 3.50. The molecular formula is C21H21N4O2+. The summed E-state index contributed by atoms with van der Waals surface area (Å²) >= 11 is 0. The van der Waals surface area contributed by atoms with E-state index in [1.165, 1.54) is 6.92 Å². The van der Waals surface area contributed by atoms with Gasteiger partial charge in [-0.3, -0.25) is 9.59 Å². The Hall–Kier alpha value is -3.67. The summed E-state index contributed by atoms with van der Waals surface area (Å²) in [5.74, 6) is -0.275. The maximum atomic E-state index is 12.4. The molecule has 0 fully saturated rings. The molecule has 0 aliphatic rings. The highest BCUT2D eigenvalue weighted by Crippen LogP contribution is 2.24. The highest BCUT2D eigenvalue weighted by atomic mass is 16.2. The highest BCUT2D eigenvalue weighted by Gasteiger charge is 2.12. The largest absolute Gasteiger partial charge is 0.354 e. The Bertz CT molecular complexity index is 924. The van der Waals surface area contributed by atoms with Crippen LogP contribution in [0.4, 0.5) is 22.7 Å². The molecule has 0 saturated carbocycles. The number of amides is 2. The molecule has 2 amide bonds. The van der Waals surface area contributed by atoms with E-state index >= 15 is 0 Å². The van der Waals surface area contributed by atoms with Gasteiger partial charge in [0.2, 0.25) is 12.5 Å². The smallest absolute Gasteiger partial charge is 0.290 e. The summed E-state index contributed by atoms with van der Waals surface area (Å²) < 4.78 is 1.74. The van der Waals surface area contributed by atoms with Crippen LogP contribution in [0.5, 0.6) is 0 Å². The van der Waals surface area contributed by atoms with Gasteiger partial charge in [-0.1, -0.05) is 30.3 Å². The van der Waals surface area contributed by atoms with Gasteiger partial charge < -0.3 is 16.0 Å². The maximum Gasteiger partial charge on any atom is 0.290 e. The van der Waals surface area contributed by atoms with Gasteiger partial charge in [-0.15, -0.1) is 0 Å². The Morgan fingerprint density at radius 2 is 1.41 bits per heavy atom. The molecule has 0 spiro atoms. The third-order valence-corrected chi connectivity index (χ3v) is 3.79. The maximum absolute atomic E-state index is 12.4. The molecular weight excluding hydrogens is 340 g/mol. The van der Waals surface area contributed by atoms with E-state index < -0.39 is 0 Å². The summed E-state index contributed by atoms with van der Waals surface area (Å²) in [5.41, 5.74) is 3.17. The van der Waals surface area contributed by atoms with E-state index in [2.05, 4.69) is 16.0 Å². The number of para-hydroxylation sites is 3. The van der Waals surface area contributed by atoms with Crippen molar-refractivity contribution in [1.29, 1.82) is 0 Å². The molecule has 0 aliphatic carbocycles. The third kappa shape index (κ3) is 5.40. The van der Waals surface area contributed by atoms with Crippen LogP contribution in [0.1, 0.15) is 6.92 Å². The molecule has 3 N–H and O–H groups in total. The van der Waals surface area contributed by atoms with Gasteiger partial charge in [0.25, 0.3) is 5.91 Å². The van der Waals surface area contributed by atoms with Crippen molar-refractivity contribution in [3.8, 4) is 0 Å². The van der Waals surface area contributed by atoms with Crippen molar-refractivity contribution >= 4 is 34.6 Å². The van der Waals surface area contributed by atoms with E-state index in [4.69, 9.17) is 0 Å². The summed E-state index contributed by atoms with van der Waals surface area (Å²) in [5, 5.41) is 8.93. The van der Waals surface area contributed by atoms with Gasteiger partial charge >= 0.3 is 0 Å². The molecule has 0 bridgehead atoms. The number of hydrogen-bond donors (Lipinski definition) is 3. The van der Waals surface area contributed by atoms with E-state index in [1.807, 2.05) is 54.6 Å². The first-order valence-electron chi connectivity index (χ1n) is 8.58. The SMILES string of the molecule is CC(=O)Nc1cc[n+](CC(=O)Nc2ccccc2Nc2ccccc2)cc1. The molecule has 1 heterocycles. The zero-order chi connectivity index (χ0) is 19.1. The highest BCUT2D eigenvalue weighted by molar-refractivity contribution is 5.94. The molecule has 0 radical (unpaired) electrons. The lowest BCUT2D eigenvalue weighted by Crippen LogP contribution is -2.39. The Kier molecular flexibility index (Phi) is 5.79. The molecule has 0 atom stereocenters. The topological polar surface area (TPSA) is 74.1 Å². The monoisotopic (exact) mass is 361 g/mol. The van der Waals surface area contributed by atoms with E-state index in [-0.39, 0.29) is 18.4 Å². The number of aromatic nitrogens is 1. The summed E-state index contributed by atoms with van der Waals surface area (Å²) in [4.78, 5) is 23.5. The van der Waals surface area contributed by atoms with Crippen LogP contribution in [0.3, 0.4) is 0 Å². The van der Waals surface area contributed by atoms with Gasteiger partial charge in [0, 0.05) is 24.7 Å². The number of carbonyl (C=O) groups is 2. The molecule has 3 rings (SSSR count). The quantitative estimate of drug-likeness (QED) is 0.590. The number of benzene rings is 2. The van der Waals surface area contributed by atoms with E-state index in [0.29, 0.717) is 11.4 Å². The second-order valence-electron chi connectivity index (χ2n) is 6.03. The molecule has 27 heavy (non-hydrogen) atoms. The van der Waals surface area contributed by atoms with Gasteiger partial charge in [0.05, 0.1) is 17.1 Å². The zero-order valence-electron chi connectivity index (χ0n) is 15.0. The molecule has 3 aromatic rings. The fourth-order valence-corrected chi connectivity index (χ4v) is 2.58. The average Bonchev–Trinajstić information content (AvgIpc) is 2.65. The number of pyridine rings is 1. The third-order valence-electron chi connectivity index (χ3n) is 3.79. The van der Waals surface area contributed by atoms with Crippen molar-refractivity contribution in [2.45, 2.75) is 13.5 Å². The lowest BCUT2D eigenvalue weighted by Gasteiger charge is -2.12. The summed E-state index contributed by atoms with van der Waals surface area (Å²) in [7, 11) is 0. The minimum atomic E-state index is -0.144. The van der Waals surface area contributed by atoms with Gasteiger partial charge in [0.15, 0.2) is 12.4 Å². The number of carbonyl (C=O) groups excluding carboxylic acids is 2. The molecule has 2 aromatic carbocycles. The van der Waals surface area contributed by atoms with Crippen LogP contribution in [0.2, 0.25) is 0 Å². The minimum Gasteiger partial charge on any atom is -0.354 e. The van der Waals surface area contributed by atoms with Crippen LogP contribution in [0.15, 0.2) is 79.1 Å². The second kappa shape index (κ2) is 8.62. The average molecular weight is 361 g/mol. The Labute approximate surface area is 157 Å². The van der Waals surface area contributed by atoms with Crippen molar-refractivity contribution < 1.29 is 14.2 Å². The predicted molar refractivity (Wildman–Crippen MR) is 106 cm³/mol. The Morgan fingerprint density at radius 1 is 0.778 bits per heavy atom. The molecule has 6 nitrogen and oxygen atoms in total. The van der Waals surface area contributed by atoms with Crippen LogP contribution in [-0.2, 0) is 16.1 Å². The first-order chi connectivity index (χ1) is 13.1. The van der Waals surface area contributed by atoms with Crippen LogP contribution in [-0.4, -0.2) is 11.8 Å². The van der Waals surface area contributed by atoms with Gasteiger partial charge in [-0.2, -0.15) is 4.57 Å². The fraction of sp³-hybridized carbons (Fsp3) is 0.0952.